The Morgan fingerprint density at radius 2 is 1.80 bits per heavy atom. The normalized spacial score (nSPS) is 10.4. The predicted octanol–water partition coefficient (Wildman–Crippen LogP) is 3.80. The molecule has 3 aromatic rings. The molecular weight excluding hydrogens is 248 g/mol. The van der Waals surface area contributed by atoms with Crippen molar-refractivity contribution in [3.05, 3.63) is 72.1 Å². The minimum Gasteiger partial charge on any atom is -0.322 e. The minimum absolute atomic E-state index is 0.120. The summed E-state index contributed by atoms with van der Waals surface area (Å²) in [6.07, 6.45) is 1.64. The van der Waals surface area contributed by atoms with Crippen LogP contribution in [-0.2, 0) is 0 Å². The van der Waals surface area contributed by atoms with Crippen LogP contribution in [0.1, 0.15) is 16.1 Å². The molecule has 1 aromatic heterocycles. The standard InChI is InChI=1S/C17H14N2O/c1-12-10-15(8-9-18-12)17(20)19-16-7-6-13-4-2-3-5-14(13)11-16/h2-11H,1H3,(H,19,20). The fourth-order valence-corrected chi connectivity index (χ4v) is 2.16. The Morgan fingerprint density at radius 3 is 2.60 bits per heavy atom. The first-order chi connectivity index (χ1) is 9.72. The monoisotopic (exact) mass is 262 g/mol. The maximum Gasteiger partial charge on any atom is 0.255 e. The van der Waals surface area contributed by atoms with Crippen molar-refractivity contribution in [2.24, 2.45) is 0 Å². The van der Waals surface area contributed by atoms with E-state index in [1.54, 1.807) is 18.3 Å². The van der Waals surface area contributed by atoms with E-state index in [1.165, 1.54) is 0 Å². The largest absolute Gasteiger partial charge is 0.322 e. The zero-order chi connectivity index (χ0) is 13.9. The van der Waals surface area contributed by atoms with Crippen LogP contribution in [0.2, 0.25) is 0 Å². The zero-order valence-corrected chi connectivity index (χ0v) is 11.1. The number of hydrogen-bond acceptors (Lipinski definition) is 2. The highest BCUT2D eigenvalue weighted by Gasteiger charge is 2.06. The number of aromatic nitrogens is 1. The van der Waals surface area contributed by atoms with E-state index in [0.29, 0.717) is 5.56 Å². The van der Waals surface area contributed by atoms with E-state index in [1.807, 2.05) is 49.4 Å². The Bertz CT molecular complexity index is 781. The Morgan fingerprint density at radius 1 is 1.00 bits per heavy atom. The fraction of sp³-hybridized carbons (Fsp3) is 0.0588. The highest BCUT2D eigenvalue weighted by molar-refractivity contribution is 6.05. The summed E-state index contributed by atoms with van der Waals surface area (Å²) in [5, 5.41) is 5.18. The quantitative estimate of drug-likeness (QED) is 0.763. The van der Waals surface area contributed by atoms with Crippen LogP contribution in [-0.4, -0.2) is 10.9 Å². The van der Waals surface area contributed by atoms with Crippen LogP contribution in [0.3, 0.4) is 0 Å². The van der Waals surface area contributed by atoms with Gasteiger partial charge < -0.3 is 5.32 Å². The van der Waals surface area contributed by atoms with E-state index in [9.17, 15) is 4.79 Å². The number of nitrogens with zero attached hydrogens (tertiary/aromatic N) is 1. The number of nitrogens with one attached hydrogen (secondary N) is 1. The van der Waals surface area contributed by atoms with Gasteiger partial charge in [-0.15, -0.1) is 0 Å². The lowest BCUT2D eigenvalue weighted by molar-refractivity contribution is 0.102. The van der Waals surface area contributed by atoms with Crippen molar-refractivity contribution in [2.45, 2.75) is 6.92 Å². The maximum absolute atomic E-state index is 12.2. The van der Waals surface area contributed by atoms with Crippen molar-refractivity contribution in [2.75, 3.05) is 5.32 Å². The van der Waals surface area contributed by atoms with E-state index < -0.39 is 0 Å². The number of aryl methyl sites for hydroxylation is 1. The highest BCUT2D eigenvalue weighted by Crippen LogP contribution is 2.19. The van der Waals surface area contributed by atoms with Crippen LogP contribution in [0, 0.1) is 6.92 Å². The first kappa shape index (κ1) is 12.4. The molecule has 0 aliphatic heterocycles. The maximum atomic E-state index is 12.2. The lowest BCUT2D eigenvalue weighted by atomic mass is 10.1. The molecule has 0 radical (unpaired) electrons. The van der Waals surface area contributed by atoms with Crippen LogP contribution in [0.5, 0.6) is 0 Å². The number of carbonyl (C=O) groups excluding carboxylic acids is 1. The van der Waals surface area contributed by atoms with Crippen LogP contribution in [0.25, 0.3) is 10.8 Å². The number of hydrogen-bond donors (Lipinski definition) is 1. The second-order valence-corrected chi connectivity index (χ2v) is 4.70. The molecule has 0 fully saturated rings. The summed E-state index contributed by atoms with van der Waals surface area (Å²) < 4.78 is 0. The molecule has 0 aliphatic rings. The van der Waals surface area contributed by atoms with Gasteiger partial charge in [0.15, 0.2) is 0 Å². The molecule has 3 heteroatoms. The predicted molar refractivity (Wildman–Crippen MR) is 80.9 cm³/mol. The smallest absolute Gasteiger partial charge is 0.255 e. The van der Waals surface area contributed by atoms with Crippen LogP contribution < -0.4 is 5.32 Å². The molecule has 2 aromatic carbocycles. The highest BCUT2D eigenvalue weighted by atomic mass is 16.1. The number of rotatable bonds is 2. The third-order valence-electron chi connectivity index (χ3n) is 3.17. The third-order valence-corrected chi connectivity index (χ3v) is 3.17. The Kier molecular flexibility index (Phi) is 3.17. The number of fused-ring (bicyclic) bond motifs is 1. The van der Waals surface area contributed by atoms with Gasteiger partial charge in [0.05, 0.1) is 0 Å². The average Bonchev–Trinajstić information content (AvgIpc) is 2.47. The van der Waals surface area contributed by atoms with Gasteiger partial charge in [0.25, 0.3) is 5.91 Å². The van der Waals surface area contributed by atoms with Gasteiger partial charge in [0.1, 0.15) is 0 Å². The molecular formula is C17H14N2O. The van der Waals surface area contributed by atoms with Crippen LogP contribution in [0.15, 0.2) is 60.8 Å². The summed E-state index contributed by atoms with van der Waals surface area (Å²) in [5.41, 5.74) is 2.24. The molecule has 1 amide bonds. The topological polar surface area (TPSA) is 42.0 Å². The molecule has 0 bridgehead atoms. The molecule has 0 aliphatic carbocycles. The van der Waals surface area contributed by atoms with E-state index in [-0.39, 0.29) is 5.91 Å². The van der Waals surface area contributed by atoms with Crippen molar-refractivity contribution in [3.63, 3.8) is 0 Å². The second kappa shape index (κ2) is 5.13. The number of amides is 1. The van der Waals surface area contributed by atoms with Gasteiger partial charge in [0.2, 0.25) is 0 Å². The molecule has 0 saturated heterocycles. The SMILES string of the molecule is Cc1cc(C(=O)Nc2ccc3ccccc3c2)ccn1. The van der Waals surface area contributed by atoms with E-state index >= 15 is 0 Å². The van der Waals surface area contributed by atoms with Gasteiger partial charge in [-0.2, -0.15) is 0 Å². The number of carbonyl (C=O) groups is 1. The molecule has 0 saturated carbocycles. The minimum atomic E-state index is -0.120. The van der Waals surface area contributed by atoms with Gasteiger partial charge >= 0.3 is 0 Å². The van der Waals surface area contributed by atoms with Gasteiger partial charge in [-0.3, -0.25) is 9.78 Å². The van der Waals surface area contributed by atoms with Crippen LogP contribution in [0.4, 0.5) is 5.69 Å². The van der Waals surface area contributed by atoms with Crippen molar-refractivity contribution in [1.29, 1.82) is 0 Å². The molecule has 1 heterocycles. The van der Waals surface area contributed by atoms with Crippen molar-refractivity contribution >= 4 is 22.4 Å². The van der Waals surface area contributed by atoms with Gasteiger partial charge in [-0.1, -0.05) is 30.3 Å². The fourth-order valence-electron chi connectivity index (χ4n) is 2.16. The molecule has 0 atom stereocenters. The zero-order valence-electron chi connectivity index (χ0n) is 11.1. The lowest BCUT2D eigenvalue weighted by Crippen LogP contribution is -2.12. The Labute approximate surface area is 117 Å². The van der Waals surface area contributed by atoms with Crippen LogP contribution >= 0.6 is 0 Å². The third kappa shape index (κ3) is 2.52. The second-order valence-electron chi connectivity index (χ2n) is 4.70. The van der Waals surface area contributed by atoms with Crippen molar-refractivity contribution in [3.8, 4) is 0 Å². The molecule has 20 heavy (non-hydrogen) atoms. The summed E-state index contributed by atoms with van der Waals surface area (Å²) in [6.45, 7) is 1.87. The first-order valence-electron chi connectivity index (χ1n) is 6.45. The molecule has 98 valence electrons. The lowest BCUT2D eigenvalue weighted by Gasteiger charge is -2.07. The average molecular weight is 262 g/mol. The van der Waals surface area contributed by atoms with E-state index in [0.717, 1.165) is 22.2 Å². The summed E-state index contributed by atoms with van der Waals surface area (Å²) in [7, 11) is 0. The number of benzene rings is 2. The molecule has 0 spiro atoms. The van der Waals surface area contributed by atoms with E-state index in [2.05, 4.69) is 10.3 Å². The molecule has 0 unspecified atom stereocenters. The van der Waals surface area contributed by atoms with Gasteiger partial charge in [0, 0.05) is 23.1 Å². The Balaban J connectivity index is 1.87. The van der Waals surface area contributed by atoms with Crippen molar-refractivity contribution < 1.29 is 4.79 Å². The summed E-state index contributed by atoms with van der Waals surface area (Å²) in [6, 6.07) is 17.4. The summed E-state index contributed by atoms with van der Waals surface area (Å²) in [4.78, 5) is 16.3. The van der Waals surface area contributed by atoms with Gasteiger partial charge in [-0.25, -0.2) is 0 Å². The van der Waals surface area contributed by atoms with Crippen molar-refractivity contribution in [1.82, 2.24) is 4.98 Å². The number of anilines is 1. The molecule has 3 rings (SSSR count). The van der Waals surface area contributed by atoms with Gasteiger partial charge in [-0.05, 0) is 42.0 Å². The first-order valence-corrected chi connectivity index (χ1v) is 6.45. The van der Waals surface area contributed by atoms with E-state index in [4.69, 9.17) is 0 Å². The Hall–Kier alpha value is -2.68. The molecule has 1 N–H and O–H groups in total. The molecule has 3 nitrogen and oxygen atoms in total. The summed E-state index contributed by atoms with van der Waals surface area (Å²) >= 11 is 0. The number of pyridine rings is 1. The summed E-state index contributed by atoms with van der Waals surface area (Å²) in [5.74, 6) is -0.120.